The van der Waals surface area contributed by atoms with E-state index in [0.29, 0.717) is 11.4 Å². The second kappa shape index (κ2) is 7.06. The Bertz CT molecular complexity index is 972. The fourth-order valence-corrected chi connectivity index (χ4v) is 3.64. The number of halogens is 1. The summed E-state index contributed by atoms with van der Waals surface area (Å²) in [6.07, 6.45) is 3.10. The number of aromatic nitrogens is 3. The van der Waals surface area contributed by atoms with Crippen molar-refractivity contribution in [3.8, 4) is 11.3 Å². The normalized spacial score (nSPS) is 11.8. The van der Waals surface area contributed by atoms with Crippen LogP contribution < -0.4 is 4.80 Å². The average Bonchev–Trinajstić information content (AvgIpc) is 2.92. The molecule has 3 heterocycles. The van der Waals surface area contributed by atoms with Gasteiger partial charge in [0.05, 0.1) is 22.5 Å². The first-order valence-corrected chi connectivity index (χ1v) is 8.65. The Morgan fingerprint density at radius 3 is 2.60 bits per heavy atom. The molecule has 0 aromatic carbocycles. The minimum atomic E-state index is -0.520. The molecule has 0 saturated heterocycles. The van der Waals surface area contributed by atoms with E-state index in [1.165, 1.54) is 23.6 Å². The molecule has 5 nitrogen and oxygen atoms in total. The van der Waals surface area contributed by atoms with Crippen LogP contribution in [0.25, 0.3) is 11.3 Å². The van der Waals surface area contributed by atoms with E-state index in [4.69, 9.17) is 0 Å². The fourth-order valence-electron chi connectivity index (χ4n) is 2.53. The smallest absolute Gasteiger partial charge is 0.212 e. The zero-order valence-electron chi connectivity index (χ0n) is 14.2. The third-order valence-electron chi connectivity index (χ3n) is 3.79. The predicted molar refractivity (Wildman–Crippen MR) is 95.4 cm³/mol. The van der Waals surface area contributed by atoms with Gasteiger partial charge in [0.2, 0.25) is 5.95 Å². The highest BCUT2D eigenvalue weighted by Crippen LogP contribution is 2.20. The molecular formula is C18H17FN4OS. The second-order valence-electron chi connectivity index (χ2n) is 5.48. The van der Waals surface area contributed by atoms with E-state index in [9.17, 15) is 9.18 Å². The Kier molecular flexibility index (Phi) is 4.85. The second-order valence-corrected chi connectivity index (χ2v) is 6.46. The van der Waals surface area contributed by atoms with Crippen molar-refractivity contribution in [2.75, 3.05) is 0 Å². The van der Waals surface area contributed by atoms with E-state index < -0.39 is 5.95 Å². The fraction of sp³-hybridized carbons (Fsp3) is 0.222. The molecule has 0 aliphatic rings. The third kappa shape index (κ3) is 3.56. The summed E-state index contributed by atoms with van der Waals surface area (Å²) < 4.78 is 14.9. The maximum absolute atomic E-state index is 12.9. The summed E-state index contributed by atoms with van der Waals surface area (Å²) >= 11 is 1.38. The zero-order chi connectivity index (χ0) is 18.0. The number of hydrogen-bond donors (Lipinski definition) is 0. The van der Waals surface area contributed by atoms with Gasteiger partial charge in [-0.15, -0.1) is 0 Å². The van der Waals surface area contributed by atoms with E-state index in [-0.39, 0.29) is 5.78 Å². The van der Waals surface area contributed by atoms with Crippen LogP contribution in [-0.4, -0.2) is 20.3 Å². The molecule has 25 heavy (non-hydrogen) atoms. The summed E-state index contributed by atoms with van der Waals surface area (Å²) in [4.78, 5) is 25.8. The van der Waals surface area contributed by atoms with Crippen LogP contribution in [0.4, 0.5) is 10.1 Å². The molecule has 0 spiro atoms. The molecule has 7 heteroatoms. The maximum atomic E-state index is 12.9. The highest BCUT2D eigenvalue weighted by Gasteiger charge is 2.12. The number of thiazole rings is 1. The third-order valence-corrected chi connectivity index (χ3v) is 5.07. The molecule has 0 N–H and O–H groups in total. The summed E-state index contributed by atoms with van der Waals surface area (Å²) in [6.45, 7) is 6.25. The molecule has 0 amide bonds. The lowest BCUT2D eigenvalue weighted by molar-refractivity contribution is 0.102. The van der Waals surface area contributed by atoms with Gasteiger partial charge in [-0.25, -0.2) is 9.98 Å². The molecular weight excluding hydrogens is 339 g/mol. The Hall–Kier alpha value is -2.67. The van der Waals surface area contributed by atoms with E-state index in [0.717, 1.165) is 27.5 Å². The number of nitrogens with zero attached hydrogens (tertiary/aromatic N) is 4. The van der Waals surface area contributed by atoms with Crippen LogP contribution in [0.3, 0.4) is 0 Å². The molecule has 0 saturated carbocycles. The van der Waals surface area contributed by atoms with E-state index in [1.54, 1.807) is 19.2 Å². The van der Waals surface area contributed by atoms with Crippen molar-refractivity contribution in [1.29, 1.82) is 0 Å². The topological polar surface area (TPSA) is 60.1 Å². The minimum Gasteiger partial charge on any atom is -0.321 e. The molecule has 0 fully saturated rings. The first kappa shape index (κ1) is 17.2. The highest BCUT2D eigenvalue weighted by molar-refractivity contribution is 7.11. The number of carbonyl (C=O) groups is 1. The van der Waals surface area contributed by atoms with Gasteiger partial charge in [0.25, 0.3) is 0 Å². The van der Waals surface area contributed by atoms with Crippen LogP contribution in [0, 0.1) is 12.9 Å². The largest absolute Gasteiger partial charge is 0.321 e. The first-order chi connectivity index (χ1) is 12.0. The van der Waals surface area contributed by atoms with Crippen molar-refractivity contribution in [2.24, 2.45) is 4.99 Å². The summed E-state index contributed by atoms with van der Waals surface area (Å²) in [5, 5.41) is 0. The maximum Gasteiger partial charge on any atom is 0.212 e. The lowest BCUT2D eigenvalue weighted by Crippen LogP contribution is -2.14. The van der Waals surface area contributed by atoms with E-state index in [1.807, 2.05) is 30.5 Å². The van der Waals surface area contributed by atoms with Crippen LogP contribution in [0.5, 0.6) is 0 Å². The van der Waals surface area contributed by atoms with Crippen molar-refractivity contribution >= 4 is 22.8 Å². The number of pyridine rings is 2. The minimum absolute atomic E-state index is 0.0448. The average molecular weight is 356 g/mol. The number of Topliss-reactive ketones (excluding diaryl/α,β-unsaturated/α-hetero) is 1. The van der Waals surface area contributed by atoms with Crippen molar-refractivity contribution < 1.29 is 9.18 Å². The SMILES string of the molecule is CCn1c(C)c(C(C)=O)s/c1=N\c1ccc(-c2ccc(F)nc2)nc1. The summed E-state index contributed by atoms with van der Waals surface area (Å²) in [5.41, 5.74) is 3.06. The van der Waals surface area contributed by atoms with Gasteiger partial charge in [-0.05, 0) is 38.1 Å². The molecule has 128 valence electrons. The van der Waals surface area contributed by atoms with Gasteiger partial charge in [0.1, 0.15) is 0 Å². The van der Waals surface area contributed by atoms with Gasteiger partial charge in [0.15, 0.2) is 10.6 Å². The number of hydrogen-bond acceptors (Lipinski definition) is 5. The molecule has 0 aliphatic heterocycles. The molecule has 3 rings (SSSR count). The molecule has 0 aliphatic carbocycles. The monoisotopic (exact) mass is 356 g/mol. The standard InChI is InChI=1S/C18H17FN4OS/c1-4-23-11(2)17(12(3)24)25-18(23)22-14-6-7-15(20-10-14)13-5-8-16(19)21-9-13/h5-10H,4H2,1-3H3/b22-18-. The van der Waals surface area contributed by atoms with Crippen LogP contribution in [0.15, 0.2) is 41.7 Å². The lowest BCUT2D eigenvalue weighted by atomic mass is 10.2. The van der Waals surface area contributed by atoms with Gasteiger partial charge < -0.3 is 4.57 Å². The Morgan fingerprint density at radius 1 is 1.24 bits per heavy atom. The summed E-state index contributed by atoms with van der Waals surface area (Å²) in [7, 11) is 0. The van der Waals surface area contributed by atoms with Gasteiger partial charge in [-0.3, -0.25) is 9.78 Å². The first-order valence-electron chi connectivity index (χ1n) is 7.83. The number of carbonyl (C=O) groups excluding carboxylic acids is 1. The quantitative estimate of drug-likeness (QED) is 0.526. The van der Waals surface area contributed by atoms with Gasteiger partial charge in [-0.2, -0.15) is 4.39 Å². The van der Waals surface area contributed by atoms with Crippen LogP contribution in [-0.2, 0) is 6.54 Å². The zero-order valence-corrected chi connectivity index (χ0v) is 15.0. The van der Waals surface area contributed by atoms with Gasteiger partial charge in [-0.1, -0.05) is 11.3 Å². The molecule has 3 aromatic heterocycles. The number of rotatable bonds is 4. The van der Waals surface area contributed by atoms with Crippen molar-refractivity contribution in [3.05, 3.63) is 58.0 Å². The van der Waals surface area contributed by atoms with Gasteiger partial charge in [0, 0.05) is 30.9 Å². The Labute approximate surface area is 148 Å². The van der Waals surface area contributed by atoms with Crippen molar-refractivity contribution in [1.82, 2.24) is 14.5 Å². The van der Waals surface area contributed by atoms with Crippen LogP contribution in [0.2, 0.25) is 0 Å². The molecule has 0 unspecified atom stereocenters. The lowest BCUT2D eigenvalue weighted by Gasteiger charge is -2.02. The van der Waals surface area contributed by atoms with Crippen LogP contribution in [0.1, 0.15) is 29.2 Å². The van der Waals surface area contributed by atoms with E-state index >= 15 is 0 Å². The highest BCUT2D eigenvalue weighted by atomic mass is 32.1. The predicted octanol–water partition coefficient (Wildman–Crippen LogP) is 3.91. The Morgan fingerprint density at radius 2 is 2.04 bits per heavy atom. The van der Waals surface area contributed by atoms with Gasteiger partial charge >= 0.3 is 0 Å². The summed E-state index contributed by atoms with van der Waals surface area (Å²) in [6, 6.07) is 6.59. The molecule has 3 aromatic rings. The van der Waals surface area contributed by atoms with Crippen molar-refractivity contribution in [3.63, 3.8) is 0 Å². The van der Waals surface area contributed by atoms with Crippen molar-refractivity contribution in [2.45, 2.75) is 27.3 Å². The Balaban J connectivity index is 1.98. The molecule has 0 atom stereocenters. The van der Waals surface area contributed by atoms with Crippen LogP contribution >= 0.6 is 11.3 Å². The molecule has 0 bridgehead atoms. The summed E-state index contributed by atoms with van der Waals surface area (Å²) in [5.74, 6) is -0.475. The van der Waals surface area contributed by atoms with E-state index in [2.05, 4.69) is 15.0 Å². The number of ketones is 1. The molecule has 0 radical (unpaired) electrons.